The highest BCUT2D eigenvalue weighted by molar-refractivity contribution is 5.22. The van der Waals surface area contributed by atoms with E-state index in [0.717, 1.165) is 0 Å². The molecule has 1 rings (SSSR count). The van der Waals surface area contributed by atoms with E-state index in [4.69, 9.17) is 0 Å². The quantitative estimate of drug-likeness (QED) is 0.429. The topological polar surface area (TPSA) is 3.01 Å². The second-order valence-electron chi connectivity index (χ2n) is 2.44. The molecule has 1 aliphatic heterocycles. The summed E-state index contributed by atoms with van der Waals surface area (Å²) in [5, 5.41) is 0. The third-order valence-corrected chi connectivity index (χ3v) is 1.79. The fourth-order valence-corrected chi connectivity index (χ4v) is 0.835. The number of hydrogen-bond acceptors (Lipinski definition) is 0. The molecule has 0 aromatic carbocycles. The van der Waals surface area contributed by atoms with Gasteiger partial charge in [-0.1, -0.05) is 6.08 Å². The molecule has 1 unspecified atom stereocenters. The van der Waals surface area contributed by atoms with E-state index < -0.39 is 0 Å². The van der Waals surface area contributed by atoms with Gasteiger partial charge in [0.15, 0.2) is 12.2 Å². The molecule has 1 aliphatic rings. The van der Waals surface area contributed by atoms with Gasteiger partial charge in [0.05, 0.1) is 0 Å². The van der Waals surface area contributed by atoms with Gasteiger partial charge in [0.25, 0.3) is 0 Å². The smallest absolute Gasteiger partial charge is 0.176 e. The highest BCUT2D eigenvalue weighted by Crippen LogP contribution is 2.08. The normalized spacial score (nSPS) is 26.2. The zero-order chi connectivity index (χ0) is 6.85. The Labute approximate surface area is 56.0 Å². The molecule has 9 heavy (non-hydrogen) atoms. The third-order valence-electron chi connectivity index (χ3n) is 1.79. The van der Waals surface area contributed by atoms with Crippen LogP contribution in [0.15, 0.2) is 23.9 Å². The van der Waals surface area contributed by atoms with Crippen molar-refractivity contribution in [3.63, 3.8) is 0 Å². The average molecular weight is 122 g/mol. The highest BCUT2D eigenvalue weighted by Gasteiger charge is 2.14. The van der Waals surface area contributed by atoms with Gasteiger partial charge in [-0.25, -0.2) is 4.58 Å². The zero-order valence-electron chi connectivity index (χ0n) is 5.96. The van der Waals surface area contributed by atoms with Crippen molar-refractivity contribution in [2.24, 2.45) is 0 Å². The van der Waals surface area contributed by atoms with Crippen LogP contribution in [-0.2, 0) is 0 Å². The van der Waals surface area contributed by atoms with Crippen LogP contribution in [0.4, 0.5) is 0 Å². The Balaban J connectivity index is 2.86. The maximum Gasteiger partial charge on any atom is 0.176 e. The fourth-order valence-electron chi connectivity index (χ4n) is 0.835. The summed E-state index contributed by atoms with van der Waals surface area (Å²) in [7, 11) is 0. The van der Waals surface area contributed by atoms with E-state index >= 15 is 0 Å². The number of rotatable bonds is 0. The number of hydrogen-bond donors (Lipinski definition) is 0. The molecule has 0 saturated heterocycles. The Kier molecular flexibility index (Phi) is 1.52. The van der Waals surface area contributed by atoms with Crippen LogP contribution in [0.3, 0.4) is 0 Å². The molecule has 0 N–H and O–H groups in total. The lowest BCUT2D eigenvalue weighted by Crippen LogP contribution is -2.19. The van der Waals surface area contributed by atoms with E-state index in [1.807, 2.05) is 16.9 Å². The van der Waals surface area contributed by atoms with Crippen LogP contribution in [-0.4, -0.2) is 17.3 Å². The monoisotopic (exact) mass is 122 g/mol. The lowest BCUT2D eigenvalue weighted by molar-refractivity contribution is -0.478. The van der Waals surface area contributed by atoms with Crippen LogP contribution in [0.25, 0.3) is 0 Å². The fraction of sp³-hybridized carbons (Fsp3) is 0.375. The molecule has 0 radical (unpaired) electrons. The molecule has 0 spiro atoms. The summed E-state index contributed by atoms with van der Waals surface area (Å²) in [5.41, 5.74) is 1.37. The Hall–Kier alpha value is -0.850. The minimum atomic E-state index is 0.468. The zero-order valence-corrected chi connectivity index (χ0v) is 5.96. The standard InChI is InChI=1S/C8H12N/c1-7-5-4-6-9(3)8(7)2/h4-6,8H,3H2,1-2H3/q+1. The van der Waals surface area contributed by atoms with E-state index in [0.29, 0.717) is 6.04 Å². The highest BCUT2D eigenvalue weighted by atomic mass is 15.0. The Morgan fingerprint density at radius 1 is 1.67 bits per heavy atom. The van der Waals surface area contributed by atoms with Crippen molar-refractivity contribution in [2.45, 2.75) is 19.9 Å². The first-order chi connectivity index (χ1) is 4.22. The van der Waals surface area contributed by atoms with Gasteiger partial charge in [-0.05, 0) is 12.5 Å². The molecule has 1 heteroatoms. The maximum atomic E-state index is 3.83. The third kappa shape index (κ3) is 1.10. The van der Waals surface area contributed by atoms with Gasteiger partial charge in [-0.2, -0.15) is 0 Å². The summed E-state index contributed by atoms with van der Waals surface area (Å²) in [4.78, 5) is 0. The summed E-state index contributed by atoms with van der Waals surface area (Å²) < 4.78 is 1.95. The van der Waals surface area contributed by atoms with Crippen molar-refractivity contribution >= 4 is 6.72 Å². The molecule has 0 amide bonds. The Morgan fingerprint density at radius 3 is 2.78 bits per heavy atom. The molecule has 1 heterocycles. The van der Waals surface area contributed by atoms with E-state index in [1.54, 1.807) is 0 Å². The van der Waals surface area contributed by atoms with Crippen molar-refractivity contribution < 1.29 is 4.58 Å². The van der Waals surface area contributed by atoms with Gasteiger partial charge >= 0.3 is 0 Å². The van der Waals surface area contributed by atoms with Gasteiger partial charge in [0.2, 0.25) is 0 Å². The molecule has 0 fully saturated rings. The number of allylic oxidation sites excluding steroid dienone is 2. The van der Waals surface area contributed by atoms with Crippen LogP contribution in [0, 0.1) is 0 Å². The van der Waals surface area contributed by atoms with Crippen molar-refractivity contribution in [2.75, 3.05) is 0 Å². The molecule has 0 aromatic rings. The van der Waals surface area contributed by atoms with Gasteiger partial charge in [0, 0.05) is 13.0 Å². The second-order valence-corrected chi connectivity index (χ2v) is 2.44. The first kappa shape index (κ1) is 6.27. The maximum absolute atomic E-state index is 3.83. The Bertz CT molecular complexity index is 187. The predicted octanol–water partition coefficient (Wildman–Crippen LogP) is 1.56. The molecular weight excluding hydrogens is 110 g/mol. The van der Waals surface area contributed by atoms with Crippen LogP contribution < -0.4 is 0 Å². The lowest BCUT2D eigenvalue weighted by Gasteiger charge is -2.09. The van der Waals surface area contributed by atoms with Crippen molar-refractivity contribution in [1.82, 2.24) is 0 Å². The van der Waals surface area contributed by atoms with Gasteiger partial charge in [0.1, 0.15) is 6.72 Å². The van der Waals surface area contributed by atoms with Gasteiger partial charge in [-0.15, -0.1) is 0 Å². The summed E-state index contributed by atoms with van der Waals surface area (Å²) in [5.74, 6) is 0. The molecule has 1 atom stereocenters. The number of nitrogens with zero attached hydrogens (tertiary/aromatic N) is 1. The van der Waals surface area contributed by atoms with E-state index in [2.05, 4.69) is 26.6 Å². The molecule has 0 bridgehead atoms. The van der Waals surface area contributed by atoms with E-state index in [1.165, 1.54) is 5.57 Å². The van der Waals surface area contributed by atoms with Crippen molar-refractivity contribution in [1.29, 1.82) is 0 Å². The predicted molar refractivity (Wildman–Crippen MR) is 39.7 cm³/mol. The summed E-state index contributed by atoms with van der Waals surface area (Å²) in [6.07, 6.45) is 6.12. The molecule has 1 nitrogen and oxygen atoms in total. The SMILES string of the molecule is C=[N+]1C=CC=C(C)C1C. The van der Waals surface area contributed by atoms with Crippen molar-refractivity contribution in [3.05, 3.63) is 23.9 Å². The van der Waals surface area contributed by atoms with Gasteiger partial charge < -0.3 is 0 Å². The van der Waals surface area contributed by atoms with Crippen molar-refractivity contribution in [3.8, 4) is 0 Å². The van der Waals surface area contributed by atoms with Crippen LogP contribution >= 0.6 is 0 Å². The summed E-state index contributed by atoms with van der Waals surface area (Å²) in [6.45, 7) is 8.09. The average Bonchev–Trinajstić information content (AvgIpc) is 1.83. The lowest BCUT2D eigenvalue weighted by atomic mass is 10.1. The minimum Gasteiger partial charge on any atom is -0.205 e. The molecular formula is C8H12N+. The summed E-state index contributed by atoms with van der Waals surface area (Å²) in [6, 6.07) is 0.468. The molecule has 0 aromatic heterocycles. The second kappa shape index (κ2) is 2.18. The summed E-state index contributed by atoms with van der Waals surface area (Å²) >= 11 is 0. The molecule has 48 valence electrons. The first-order valence-electron chi connectivity index (χ1n) is 3.15. The van der Waals surface area contributed by atoms with Gasteiger partial charge in [-0.3, -0.25) is 0 Å². The largest absolute Gasteiger partial charge is 0.205 e. The van der Waals surface area contributed by atoms with E-state index in [9.17, 15) is 0 Å². The molecule has 0 saturated carbocycles. The van der Waals surface area contributed by atoms with Crippen LogP contribution in [0.5, 0.6) is 0 Å². The van der Waals surface area contributed by atoms with Crippen LogP contribution in [0.2, 0.25) is 0 Å². The first-order valence-corrected chi connectivity index (χ1v) is 3.15. The minimum absolute atomic E-state index is 0.468. The Morgan fingerprint density at radius 2 is 2.33 bits per heavy atom. The van der Waals surface area contributed by atoms with E-state index in [-0.39, 0.29) is 0 Å². The van der Waals surface area contributed by atoms with Crippen LogP contribution in [0.1, 0.15) is 13.8 Å². The molecule has 0 aliphatic carbocycles.